The molecule has 0 unspecified atom stereocenters. The minimum Gasteiger partial charge on any atom is -0.504 e. The van der Waals surface area contributed by atoms with Gasteiger partial charge in [0.2, 0.25) is 0 Å². The standard InChI is InChI=1S/C14H18IN3O4/c1-21-12-7-10(6-11(15)14(12)20)8-16-17-13(19)9-18-2-4-22-5-3-18/h6-8,20H,2-5,9H2,1H3,(H,17,19)/b16-8-. The topological polar surface area (TPSA) is 83.4 Å². The van der Waals surface area contributed by atoms with Crippen molar-refractivity contribution in [2.45, 2.75) is 0 Å². The van der Waals surface area contributed by atoms with Crippen LogP contribution in [0.4, 0.5) is 0 Å². The van der Waals surface area contributed by atoms with Crippen molar-refractivity contribution in [2.24, 2.45) is 5.10 Å². The lowest BCUT2D eigenvalue weighted by atomic mass is 10.2. The van der Waals surface area contributed by atoms with E-state index in [1.807, 2.05) is 27.5 Å². The van der Waals surface area contributed by atoms with Crippen molar-refractivity contribution in [2.75, 3.05) is 40.0 Å². The molecule has 0 atom stereocenters. The summed E-state index contributed by atoms with van der Waals surface area (Å²) in [6, 6.07) is 3.39. The van der Waals surface area contributed by atoms with Crippen molar-refractivity contribution in [1.82, 2.24) is 10.3 Å². The minimum atomic E-state index is -0.168. The Bertz CT molecular complexity index is 559. The molecule has 1 heterocycles. The highest BCUT2D eigenvalue weighted by Crippen LogP contribution is 2.31. The fraction of sp³-hybridized carbons (Fsp3) is 0.429. The summed E-state index contributed by atoms with van der Waals surface area (Å²) in [5, 5.41) is 13.7. The van der Waals surface area contributed by atoms with Crippen LogP contribution < -0.4 is 10.2 Å². The van der Waals surface area contributed by atoms with E-state index in [4.69, 9.17) is 9.47 Å². The van der Waals surface area contributed by atoms with Crippen molar-refractivity contribution >= 4 is 34.7 Å². The Balaban J connectivity index is 1.89. The zero-order chi connectivity index (χ0) is 15.9. The van der Waals surface area contributed by atoms with Gasteiger partial charge in [-0.2, -0.15) is 5.10 Å². The van der Waals surface area contributed by atoms with E-state index in [2.05, 4.69) is 10.5 Å². The molecule has 1 fully saturated rings. The van der Waals surface area contributed by atoms with Gasteiger partial charge < -0.3 is 14.6 Å². The molecule has 8 heteroatoms. The van der Waals surface area contributed by atoms with Crippen LogP contribution in [0.15, 0.2) is 17.2 Å². The number of ether oxygens (including phenoxy) is 2. The number of aromatic hydroxyl groups is 1. The number of phenolic OH excluding ortho intramolecular Hbond substituents is 1. The van der Waals surface area contributed by atoms with Crippen LogP contribution in [0.25, 0.3) is 0 Å². The number of carbonyl (C=O) groups excluding carboxylic acids is 1. The molecule has 120 valence electrons. The highest BCUT2D eigenvalue weighted by molar-refractivity contribution is 14.1. The summed E-state index contributed by atoms with van der Waals surface area (Å²) >= 11 is 2.00. The average Bonchev–Trinajstić information content (AvgIpc) is 2.51. The molecule has 0 radical (unpaired) electrons. The molecule has 1 aromatic carbocycles. The lowest BCUT2D eigenvalue weighted by Gasteiger charge is -2.25. The molecule has 2 rings (SSSR count). The zero-order valence-corrected chi connectivity index (χ0v) is 14.4. The third-order valence-electron chi connectivity index (χ3n) is 3.14. The Morgan fingerprint density at radius 2 is 2.27 bits per heavy atom. The second kappa shape index (κ2) is 8.30. The lowest BCUT2D eigenvalue weighted by Crippen LogP contribution is -2.42. The minimum absolute atomic E-state index is 0.0941. The van der Waals surface area contributed by atoms with Gasteiger partial charge in [-0.25, -0.2) is 5.43 Å². The SMILES string of the molecule is COc1cc(/C=N\NC(=O)CN2CCOCC2)cc(I)c1O. The van der Waals surface area contributed by atoms with Crippen LogP contribution in [-0.4, -0.2) is 62.1 Å². The fourth-order valence-electron chi connectivity index (χ4n) is 2.00. The number of hydrogen-bond donors (Lipinski definition) is 2. The van der Waals surface area contributed by atoms with Gasteiger partial charge in [-0.3, -0.25) is 9.69 Å². The van der Waals surface area contributed by atoms with Gasteiger partial charge in [0.25, 0.3) is 5.91 Å². The molecular weight excluding hydrogens is 401 g/mol. The van der Waals surface area contributed by atoms with Crippen LogP contribution in [0.1, 0.15) is 5.56 Å². The molecule has 0 bridgehead atoms. The Hall–Kier alpha value is -1.39. The van der Waals surface area contributed by atoms with Crippen molar-refractivity contribution in [3.63, 3.8) is 0 Å². The van der Waals surface area contributed by atoms with Crippen molar-refractivity contribution in [3.05, 3.63) is 21.3 Å². The third-order valence-corrected chi connectivity index (χ3v) is 3.97. The van der Waals surface area contributed by atoms with E-state index >= 15 is 0 Å². The van der Waals surface area contributed by atoms with Gasteiger partial charge in [-0.1, -0.05) is 0 Å². The molecule has 1 aromatic rings. The Morgan fingerprint density at radius 3 is 2.95 bits per heavy atom. The van der Waals surface area contributed by atoms with E-state index < -0.39 is 0 Å². The first-order chi connectivity index (χ1) is 10.6. The van der Waals surface area contributed by atoms with E-state index in [0.29, 0.717) is 29.1 Å². The molecule has 2 N–H and O–H groups in total. The second-order valence-corrected chi connectivity index (χ2v) is 5.90. The maximum absolute atomic E-state index is 11.8. The van der Waals surface area contributed by atoms with Crippen molar-refractivity contribution in [1.29, 1.82) is 0 Å². The van der Waals surface area contributed by atoms with Crippen LogP contribution in [0, 0.1) is 3.57 Å². The van der Waals surface area contributed by atoms with Crippen LogP contribution in [-0.2, 0) is 9.53 Å². The van der Waals surface area contributed by atoms with Gasteiger partial charge in [0.15, 0.2) is 11.5 Å². The number of morpholine rings is 1. The fourth-order valence-corrected chi connectivity index (χ4v) is 2.63. The maximum atomic E-state index is 11.8. The molecule has 7 nitrogen and oxygen atoms in total. The number of amides is 1. The summed E-state index contributed by atoms with van der Waals surface area (Å²) in [4.78, 5) is 13.8. The number of benzene rings is 1. The first-order valence-corrected chi connectivity index (χ1v) is 7.86. The first kappa shape index (κ1) is 17.0. The number of nitrogens with zero attached hydrogens (tertiary/aromatic N) is 2. The van der Waals surface area contributed by atoms with Crippen molar-refractivity contribution in [3.8, 4) is 11.5 Å². The average molecular weight is 419 g/mol. The monoisotopic (exact) mass is 419 g/mol. The van der Waals surface area contributed by atoms with Gasteiger partial charge in [0, 0.05) is 13.1 Å². The highest BCUT2D eigenvalue weighted by Gasteiger charge is 2.13. The summed E-state index contributed by atoms with van der Waals surface area (Å²) in [7, 11) is 1.48. The predicted molar refractivity (Wildman–Crippen MR) is 90.4 cm³/mol. The van der Waals surface area contributed by atoms with Gasteiger partial charge in [0.05, 0.1) is 36.7 Å². The number of carbonyl (C=O) groups is 1. The van der Waals surface area contributed by atoms with Crippen LogP contribution in [0.3, 0.4) is 0 Å². The van der Waals surface area contributed by atoms with E-state index in [9.17, 15) is 9.90 Å². The molecule has 1 saturated heterocycles. The maximum Gasteiger partial charge on any atom is 0.254 e. The summed E-state index contributed by atoms with van der Waals surface area (Å²) in [6.07, 6.45) is 1.52. The molecule has 0 aromatic heterocycles. The van der Waals surface area contributed by atoms with Gasteiger partial charge >= 0.3 is 0 Å². The van der Waals surface area contributed by atoms with Gasteiger partial charge in [0.1, 0.15) is 0 Å². The molecule has 1 amide bonds. The number of nitrogens with one attached hydrogen (secondary N) is 1. The number of hydrogen-bond acceptors (Lipinski definition) is 6. The van der Waals surface area contributed by atoms with Crippen molar-refractivity contribution < 1.29 is 19.4 Å². The molecule has 0 aliphatic carbocycles. The highest BCUT2D eigenvalue weighted by atomic mass is 127. The summed E-state index contributed by atoms with van der Waals surface area (Å²) in [5.41, 5.74) is 3.22. The van der Waals surface area contributed by atoms with E-state index in [-0.39, 0.29) is 11.7 Å². The molecule has 22 heavy (non-hydrogen) atoms. The predicted octanol–water partition coefficient (Wildman–Crippen LogP) is 0.788. The number of methoxy groups -OCH3 is 1. The number of hydrazone groups is 1. The summed E-state index contributed by atoms with van der Waals surface area (Å²) in [6.45, 7) is 3.12. The first-order valence-electron chi connectivity index (χ1n) is 6.78. The number of rotatable bonds is 5. The van der Waals surface area contributed by atoms with E-state index in [1.165, 1.54) is 13.3 Å². The largest absolute Gasteiger partial charge is 0.504 e. The molecular formula is C14H18IN3O4. The molecule has 0 saturated carbocycles. The van der Waals surface area contributed by atoms with Crippen LogP contribution in [0.5, 0.6) is 11.5 Å². The molecule has 1 aliphatic rings. The number of phenols is 1. The Labute approximate surface area is 142 Å². The van der Waals surface area contributed by atoms with Gasteiger partial charge in [-0.15, -0.1) is 0 Å². The molecule has 0 spiro atoms. The number of halogens is 1. The third kappa shape index (κ3) is 4.82. The van der Waals surface area contributed by atoms with Crippen LogP contribution >= 0.6 is 22.6 Å². The quantitative estimate of drug-likeness (QED) is 0.419. The van der Waals surface area contributed by atoms with Gasteiger partial charge in [-0.05, 0) is 40.3 Å². The summed E-state index contributed by atoms with van der Waals surface area (Å²) < 4.78 is 10.9. The Kier molecular flexibility index (Phi) is 6.40. The van der Waals surface area contributed by atoms with Crippen LogP contribution in [0.2, 0.25) is 0 Å². The Morgan fingerprint density at radius 1 is 1.55 bits per heavy atom. The van der Waals surface area contributed by atoms with E-state index in [1.54, 1.807) is 12.1 Å². The smallest absolute Gasteiger partial charge is 0.254 e. The lowest BCUT2D eigenvalue weighted by molar-refractivity contribution is -0.123. The zero-order valence-electron chi connectivity index (χ0n) is 12.2. The van der Waals surface area contributed by atoms with E-state index in [0.717, 1.165) is 18.7 Å². The summed E-state index contributed by atoms with van der Waals surface area (Å²) in [5.74, 6) is 0.295. The normalized spacial score (nSPS) is 15.9. The molecule has 1 aliphatic heterocycles. The second-order valence-electron chi connectivity index (χ2n) is 4.74.